The third kappa shape index (κ3) is 3.16. The summed E-state index contributed by atoms with van der Waals surface area (Å²) in [5.74, 6) is 1.36. The van der Waals surface area contributed by atoms with Crippen molar-refractivity contribution in [2.75, 3.05) is 26.8 Å². The molecule has 2 atom stereocenters. The molecule has 1 saturated heterocycles. The van der Waals surface area contributed by atoms with Crippen LogP contribution in [0, 0.1) is 12.8 Å². The van der Waals surface area contributed by atoms with Gasteiger partial charge >= 0.3 is 0 Å². The minimum absolute atomic E-state index is 0.0853. The number of nitrogens with one attached hydrogen (secondary N) is 1. The van der Waals surface area contributed by atoms with Crippen molar-refractivity contribution in [1.82, 2.24) is 5.32 Å². The lowest BCUT2D eigenvalue weighted by atomic mass is 10.0. The van der Waals surface area contributed by atoms with Crippen LogP contribution in [0.4, 0.5) is 0 Å². The molecule has 1 aliphatic rings. The summed E-state index contributed by atoms with van der Waals surface area (Å²) in [6.45, 7) is 4.64. The number of rotatable bonds is 5. The topological polar surface area (TPSA) is 30.5 Å². The summed E-state index contributed by atoms with van der Waals surface area (Å²) in [4.78, 5) is 0. The average molecular weight is 270 g/mol. The normalized spacial score (nSPS) is 20.9. The molecular weight excluding hydrogens is 250 g/mol. The molecule has 18 heavy (non-hydrogen) atoms. The molecule has 1 aromatic carbocycles. The van der Waals surface area contributed by atoms with Gasteiger partial charge in [-0.15, -0.1) is 0 Å². The van der Waals surface area contributed by atoms with Gasteiger partial charge in [0.2, 0.25) is 0 Å². The number of benzene rings is 1. The first-order valence-electron chi connectivity index (χ1n) is 6.33. The minimum atomic E-state index is 0.0853. The zero-order valence-corrected chi connectivity index (χ0v) is 11.7. The van der Waals surface area contributed by atoms with Crippen LogP contribution in [0.1, 0.15) is 12.0 Å². The number of halogens is 1. The van der Waals surface area contributed by atoms with E-state index in [-0.39, 0.29) is 6.10 Å². The molecule has 0 bridgehead atoms. The van der Waals surface area contributed by atoms with Gasteiger partial charge in [-0.3, -0.25) is 0 Å². The van der Waals surface area contributed by atoms with Gasteiger partial charge in [0.25, 0.3) is 0 Å². The predicted octanol–water partition coefficient (Wildman–Crippen LogP) is 2.65. The summed E-state index contributed by atoms with van der Waals surface area (Å²) in [5.41, 5.74) is 0.992. The summed E-state index contributed by atoms with van der Waals surface area (Å²) >= 11 is 6.11. The molecular formula is C14H20ClNO2. The van der Waals surface area contributed by atoms with Gasteiger partial charge in [-0.1, -0.05) is 17.7 Å². The van der Waals surface area contributed by atoms with Crippen molar-refractivity contribution < 1.29 is 9.47 Å². The summed E-state index contributed by atoms with van der Waals surface area (Å²) in [6.07, 6.45) is 1.22. The molecule has 1 N–H and O–H groups in total. The maximum absolute atomic E-state index is 6.11. The summed E-state index contributed by atoms with van der Waals surface area (Å²) in [6, 6.07) is 5.76. The Bertz CT molecular complexity index is 391. The highest BCUT2D eigenvalue weighted by Crippen LogP contribution is 2.28. The molecule has 3 nitrogen and oxygen atoms in total. The van der Waals surface area contributed by atoms with E-state index in [4.69, 9.17) is 21.1 Å². The fourth-order valence-corrected chi connectivity index (χ4v) is 2.47. The molecule has 1 heterocycles. The van der Waals surface area contributed by atoms with Crippen molar-refractivity contribution in [1.29, 1.82) is 0 Å². The highest BCUT2D eigenvalue weighted by Gasteiger charge is 2.27. The highest BCUT2D eigenvalue weighted by atomic mass is 35.5. The van der Waals surface area contributed by atoms with Gasteiger partial charge in [0.15, 0.2) is 0 Å². The zero-order valence-electron chi connectivity index (χ0n) is 10.9. The molecule has 0 unspecified atom stereocenters. The van der Waals surface area contributed by atoms with Crippen molar-refractivity contribution in [2.45, 2.75) is 19.4 Å². The largest absolute Gasteiger partial charge is 0.487 e. The Morgan fingerprint density at radius 1 is 1.50 bits per heavy atom. The zero-order chi connectivity index (χ0) is 13.0. The second-order valence-electron chi connectivity index (χ2n) is 4.73. The monoisotopic (exact) mass is 269 g/mol. The third-order valence-electron chi connectivity index (χ3n) is 3.45. The van der Waals surface area contributed by atoms with Crippen LogP contribution in [0.2, 0.25) is 5.02 Å². The summed E-state index contributed by atoms with van der Waals surface area (Å²) < 4.78 is 11.4. The molecule has 1 fully saturated rings. The minimum Gasteiger partial charge on any atom is -0.487 e. The van der Waals surface area contributed by atoms with Crippen LogP contribution in [0.15, 0.2) is 18.2 Å². The van der Waals surface area contributed by atoms with Crippen molar-refractivity contribution in [3.8, 4) is 5.75 Å². The Kier molecular flexibility index (Phi) is 4.87. The predicted molar refractivity (Wildman–Crippen MR) is 73.5 cm³/mol. The Morgan fingerprint density at radius 3 is 3.00 bits per heavy atom. The highest BCUT2D eigenvalue weighted by molar-refractivity contribution is 6.31. The van der Waals surface area contributed by atoms with Gasteiger partial charge in [-0.25, -0.2) is 0 Å². The molecule has 0 aliphatic carbocycles. The Hall–Kier alpha value is -0.770. The van der Waals surface area contributed by atoms with E-state index in [9.17, 15) is 0 Å². The van der Waals surface area contributed by atoms with Crippen LogP contribution in [-0.4, -0.2) is 32.9 Å². The third-order valence-corrected chi connectivity index (χ3v) is 3.86. The lowest BCUT2D eigenvalue weighted by Crippen LogP contribution is -2.33. The SMILES string of the molecule is COC[C@H](Oc1cccc(Cl)c1C)[C@@H]1CCNC1. The first-order valence-corrected chi connectivity index (χ1v) is 6.71. The van der Waals surface area contributed by atoms with E-state index in [1.807, 2.05) is 25.1 Å². The second kappa shape index (κ2) is 6.41. The van der Waals surface area contributed by atoms with Crippen LogP contribution in [-0.2, 0) is 4.74 Å². The van der Waals surface area contributed by atoms with Crippen LogP contribution >= 0.6 is 11.6 Å². The van der Waals surface area contributed by atoms with Crippen LogP contribution in [0.3, 0.4) is 0 Å². The smallest absolute Gasteiger partial charge is 0.126 e. The maximum atomic E-state index is 6.11. The number of methoxy groups -OCH3 is 1. The first kappa shape index (κ1) is 13.7. The number of ether oxygens (including phenoxy) is 2. The van der Waals surface area contributed by atoms with Crippen molar-refractivity contribution in [3.63, 3.8) is 0 Å². The van der Waals surface area contributed by atoms with Gasteiger partial charge in [-0.2, -0.15) is 0 Å². The molecule has 4 heteroatoms. The molecule has 0 aromatic heterocycles. The van der Waals surface area contributed by atoms with Crippen molar-refractivity contribution in [3.05, 3.63) is 28.8 Å². The van der Waals surface area contributed by atoms with E-state index >= 15 is 0 Å². The van der Waals surface area contributed by atoms with Crippen molar-refractivity contribution >= 4 is 11.6 Å². The Labute approximate surface area is 113 Å². The lowest BCUT2D eigenvalue weighted by molar-refractivity contribution is 0.0478. The van der Waals surface area contributed by atoms with Gasteiger partial charge in [0.1, 0.15) is 11.9 Å². The number of hydrogen-bond acceptors (Lipinski definition) is 3. The van der Waals surface area contributed by atoms with Gasteiger partial charge in [0.05, 0.1) is 6.61 Å². The van der Waals surface area contributed by atoms with Crippen LogP contribution in [0.5, 0.6) is 5.75 Å². The first-order chi connectivity index (χ1) is 8.72. The van der Waals surface area contributed by atoms with Gasteiger partial charge in [-0.05, 0) is 32.0 Å². The quantitative estimate of drug-likeness (QED) is 0.891. The van der Waals surface area contributed by atoms with E-state index in [1.54, 1.807) is 7.11 Å². The lowest BCUT2D eigenvalue weighted by Gasteiger charge is -2.24. The molecule has 2 rings (SSSR count). The second-order valence-corrected chi connectivity index (χ2v) is 5.13. The van der Waals surface area contributed by atoms with E-state index in [1.165, 1.54) is 0 Å². The van der Waals surface area contributed by atoms with E-state index in [2.05, 4.69) is 5.32 Å². The average Bonchev–Trinajstić information content (AvgIpc) is 2.88. The molecule has 0 spiro atoms. The standard InChI is InChI=1S/C14H20ClNO2/c1-10-12(15)4-3-5-13(10)18-14(9-17-2)11-6-7-16-8-11/h3-5,11,14,16H,6-9H2,1-2H3/t11-,14+/m1/s1. The molecule has 0 saturated carbocycles. The number of hydrogen-bond donors (Lipinski definition) is 1. The molecule has 100 valence electrons. The van der Waals surface area contributed by atoms with E-state index in [0.29, 0.717) is 12.5 Å². The Balaban J connectivity index is 2.10. The molecule has 1 aliphatic heterocycles. The fraction of sp³-hybridized carbons (Fsp3) is 0.571. The van der Waals surface area contributed by atoms with E-state index < -0.39 is 0 Å². The van der Waals surface area contributed by atoms with Crippen molar-refractivity contribution in [2.24, 2.45) is 5.92 Å². The van der Waals surface area contributed by atoms with Crippen LogP contribution in [0.25, 0.3) is 0 Å². The molecule has 1 aromatic rings. The maximum Gasteiger partial charge on any atom is 0.126 e. The molecule has 0 radical (unpaired) electrons. The molecule has 0 amide bonds. The van der Waals surface area contributed by atoms with E-state index in [0.717, 1.165) is 35.8 Å². The summed E-state index contributed by atoms with van der Waals surface area (Å²) in [5, 5.41) is 4.11. The van der Waals surface area contributed by atoms with Crippen LogP contribution < -0.4 is 10.1 Å². The summed E-state index contributed by atoms with van der Waals surface area (Å²) in [7, 11) is 1.71. The van der Waals surface area contributed by atoms with Gasteiger partial charge in [0, 0.05) is 30.2 Å². The van der Waals surface area contributed by atoms with Gasteiger partial charge < -0.3 is 14.8 Å². The fourth-order valence-electron chi connectivity index (χ4n) is 2.30. The Morgan fingerprint density at radius 2 is 2.33 bits per heavy atom.